The number of nitrogens with zero attached hydrogens (tertiary/aromatic N) is 1. The molecule has 1 aliphatic carbocycles. The van der Waals surface area contributed by atoms with E-state index in [2.05, 4.69) is 4.72 Å². The number of sulfonamides is 1. The summed E-state index contributed by atoms with van der Waals surface area (Å²) in [4.78, 5) is 25.8. The van der Waals surface area contributed by atoms with Crippen molar-refractivity contribution in [3.63, 3.8) is 0 Å². The molecule has 2 fully saturated rings. The van der Waals surface area contributed by atoms with Gasteiger partial charge in [-0.1, -0.05) is 11.6 Å². The van der Waals surface area contributed by atoms with E-state index >= 15 is 0 Å². The van der Waals surface area contributed by atoms with Crippen molar-refractivity contribution >= 4 is 33.5 Å². The van der Waals surface area contributed by atoms with E-state index in [1.165, 1.54) is 18.2 Å². The number of nitrogens with one attached hydrogen (secondary N) is 1. The van der Waals surface area contributed by atoms with Crippen molar-refractivity contribution in [2.75, 3.05) is 19.7 Å². The maximum atomic E-state index is 12.3. The van der Waals surface area contributed by atoms with Crippen LogP contribution in [0.25, 0.3) is 0 Å². The number of ether oxygens (including phenoxy) is 1. The van der Waals surface area contributed by atoms with Crippen LogP contribution in [0.2, 0.25) is 5.02 Å². The van der Waals surface area contributed by atoms with Gasteiger partial charge in [-0.25, -0.2) is 17.9 Å². The van der Waals surface area contributed by atoms with Crippen LogP contribution in [-0.4, -0.2) is 50.9 Å². The minimum absolute atomic E-state index is 0.0269. The Morgan fingerprint density at radius 2 is 1.88 bits per heavy atom. The third-order valence-corrected chi connectivity index (χ3v) is 6.39. The molecule has 3 rings (SSSR count). The molecule has 0 atom stereocenters. The molecule has 1 N–H and O–H groups in total. The Bertz CT molecular complexity index is 801. The Kier molecular flexibility index (Phi) is 5.84. The SMILES string of the molecule is O=C(OCC(=O)N1CCCCC1)c1ccc(Cl)c(S(=O)(=O)NC2CC2)c1. The molecular formula is C17H21ClN2O5S. The zero-order valence-electron chi connectivity index (χ0n) is 14.2. The van der Waals surface area contributed by atoms with Crippen molar-refractivity contribution < 1.29 is 22.7 Å². The van der Waals surface area contributed by atoms with Gasteiger partial charge < -0.3 is 9.64 Å². The molecule has 142 valence electrons. The molecule has 0 spiro atoms. The van der Waals surface area contributed by atoms with Gasteiger partial charge in [0, 0.05) is 19.1 Å². The smallest absolute Gasteiger partial charge is 0.338 e. The second kappa shape index (κ2) is 7.94. The third-order valence-electron chi connectivity index (χ3n) is 4.39. The summed E-state index contributed by atoms with van der Waals surface area (Å²) in [6, 6.07) is 3.83. The van der Waals surface area contributed by atoms with Crippen LogP contribution >= 0.6 is 11.6 Å². The van der Waals surface area contributed by atoms with Gasteiger partial charge in [-0.05, 0) is 50.3 Å². The molecule has 1 amide bonds. The fourth-order valence-corrected chi connectivity index (χ4v) is 4.60. The molecule has 26 heavy (non-hydrogen) atoms. The topological polar surface area (TPSA) is 92.8 Å². The Hall–Kier alpha value is -1.64. The second-order valence-electron chi connectivity index (χ2n) is 6.56. The highest BCUT2D eigenvalue weighted by molar-refractivity contribution is 7.89. The molecule has 0 aromatic heterocycles. The van der Waals surface area contributed by atoms with Crippen molar-refractivity contribution in [1.82, 2.24) is 9.62 Å². The van der Waals surface area contributed by atoms with Gasteiger partial charge in [-0.2, -0.15) is 0 Å². The van der Waals surface area contributed by atoms with Crippen LogP contribution in [0.3, 0.4) is 0 Å². The summed E-state index contributed by atoms with van der Waals surface area (Å²) in [5.74, 6) is -0.995. The summed E-state index contributed by atoms with van der Waals surface area (Å²) < 4.78 is 32.3. The molecule has 9 heteroatoms. The number of halogens is 1. The monoisotopic (exact) mass is 400 g/mol. The average molecular weight is 401 g/mol. The summed E-state index contributed by atoms with van der Waals surface area (Å²) in [5.41, 5.74) is 0.0389. The zero-order valence-corrected chi connectivity index (χ0v) is 15.8. The normalized spacial score (nSPS) is 17.8. The largest absolute Gasteiger partial charge is 0.452 e. The third kappa shape index (κ3) is 4.75. The quantitative estimate of drug-likeness (QED) is 0.737. The lowest BCUT2D eigenvalue weighted by Gasteiger charge is -2.26. The van der Waals surface area contributed by atoms with Crippen molar-refractivity contribution in [2.45, 2.75) is 43.0 Å². The minimum Gasteiger partial charge on any atom is -0.452 e. The minimum atomic E-state index is -3.80. The number of carbonyl (C=O) groups excluding carboxylic acids is 2. The van der Waals surface area contributed by atoms with Crippen molar-refractivity contribution in [3.05, 3.63) is 28.8 Å². The molecule has 0 bridgehead atoms. The molecule has 1 heterocycles. The molecule has 0 unspecified atom stereocenters. The number of hydrogen-bond donors (Lipinski definition) is 1. The van der Waals surface area contributed by atoms with E-state index in [4.69, 9.17) is 16.3 Å². The lowest BCUT2D eigenvalue weighted by molar-refractivity contribution is -0.135. The number of rotatable bonds is 6. The number of piperidine rings is 1. The fourth-order valence-electron chi connectivity index (χ4n) is 2.77. The van der Waals surface area contributed by atoms with Crippen molar-refractivity contribution in [1.29, 1.82) is 0 Å². The van der Waals surface area contributed by atoms with Gasteiger partial charge in [0.25, 0.3) is 5.91 Å². The van der Waals surface area contributed by atoms with Crippen LogP contribution in [0.5, 0.6) is 0 Å². The molecule has 1 aromatic carbocycles. The van der Waals surface area contributed by atoms with E-state index in [1.807, 2.05) is 0 Å². The first kappa shape index (κ1) is 19.1. The first-order valence-electron chi connectivity index (χ1n) is 8.63. The van der Waals surface area contributed by atoms with Gasteiger partial charge in [-0.3, -0.25) is 4.79 Å². The number of likely N-dealkylation sites (tertiary alicyclic amines) is 1. The van der Waals surface area contributed by atoms with Crippen LogP contribution in [-0.2, 0) is 19.6 Å². The number of hydrogen-bond acceptors (Lipinski definition) is 5. The first-order valence-corrected chi connectivity index (χ1v) is 10.5. The molecule has 0 radical (unpaired) electrons. The molecule has 1 aromatic rings. The predicted molar refractivity (Wildman–Crippen MR) is 95.5 cm³/mol. The van der Waals surface area contributed by atoms with Crippen LogP contribution in [0.1, 0.15) is 42.5 Å². The molecule has 1 saturated carbocycles. The zero-order chi connectivity index (χ0) is 18.7. The lowest BCUT2D eigenvalue weighted by Crippen LogP contribution is -2.38. The van der Waals surface area contributed by atoms with E-state index in [9.17, 15) is 18.0 Å². The van der Waals surface area contributed by atoms with Crippen LogP contribution in [0, 0.1) is 0 Å². The van der Waals surface area contributed by atoms with Gasteiger partial charge in [0.15, 0.2) is 6.61 Å². The standard InChI is InChI=1S/C17H21ClN2O5S/c18-14-7-4-12(10-15(14)26(23,24)19-13-5-6-13)17(22)25-11-16(21)20-8-2-1-3-9-20/h4,7,10,13,19H,1-3,5-6,8-9,11H2. The van der Waals surface area contributed by atoms with E-state index in [-0.39, 0.29) is 34.0 Å². The molecule has 2 aliphatic rings. The highest BCUT2D eigenvalue weighted by Crippen LogP contribution is 2.27. The highest BCUT2D eigenvalue weighted by Gasteiger charge is 2.30. The maximum Gasteiger partial charge on any atom is 0.338 e. The Morgan fingerprint density at radius 3 is 2.54 bits per heavy atom. The van der Waals surface area contributed by atoms with E-state index in [0.29, 0.717) is 13.1 Å². The summed E-state index contributed by atoms with van der Waals surface area (Å²) in [5, 5.41) is 0.0269. The maximum absolute atomic E-state index is 12.3. The van der Waals surface area contributed by atoms with Crippen molar-refractivity contribution in [3.8, 4) is 0 Å². The van der Waals surface area contributed by atoms with Gasteiger partial charge in [-0.15, -0.1) is 0 Å². The number of esters is 1. The Balaban J connectivity index is 1.65. The first-order chi connectivity index (χ1) is 12.4. The van der Waals surface area contributed by atoms with Gasteiger partial charge >= 0.3 is 5.97 Å². The molecular weight excluding hydrogens is 380 g/mol. The fraction of sp³-hybridized carbons (Fsp3) is 0.529. The van der Waals surface area contributed by atoms with Crippen molar-refractivity contribution in [2.24, 2.45) is 0 Å². The number of benzene rings is 1. The predicted octanol–water partition coefficient (Wildman–Crippen LogP) is 1.95. The molecule has 7 nitrogen and oxygen atoms in total. The van der Waals surface area contributed by atoms with E-state index < -0.39 is 16.0 Å². The molecule has 1 aliphatic heterocycles. The number of carbonyl (C=O) groups is 2. The number of amides is 1. The van der Waals surface area contributed by atoms with Gasteiger partial charge in [0.1, 0.15) is 4.90 Å². The van der Waals surface area contributed by atoms with Crippen LogP contribution < -0.4 is 4.72 Å². The Morgan fingerprint density at radius 1 is 1.19 bits per heavy atom. The summed E-state index contributed by atoms with van der Waals surface area (Å²) >= 11 is 5.99. The Labute approximate surface area is 157 Å². The summed E-state index contributed by atoms with van der Waals surface area (Å²) in [6.45, 7) is 0.989. The highest BCUT2D eigenvalue weighted by atomic mass is 35.5. The van der Waals surface area contributed by atoms with Gasteiger partial charge in [0.2, 0.25) is 10.0 Å². The second-order valence-corrected chi connectivity index (χ2v) is 8.65. The average Bonchev–Trinajstić information content (AvgIpc) is 3.43. The van der Waals surface area contributed by atoms with Gasteiger partial charge in [0.05, 0.1) is 10.6 Å². The summed E-state index contributed by atoms with van der Waals surface area (Å²) in [6.07, 6.45) is 4.58. The lowest BCUT2D eigenvalue weighted by atomic mass is 10.1. The summed E-state index contributed by atoms with van der Waals surface area (Å²) in [7, 11) is -3.80. The van der Waals surface area contributed by atoms with E-state index in [1.54, 1.807) is 4.90 Å². The molecule has 1 saturated heterocycles. The van der Waals surface area contributed by atoms with Crippen LogP contribution in [0.4, 0.5) is 0 Å². The van der Waals surface area contributed by atoms with E-state index in [0.717, 1.165) is 32.1 Å². The van der Waals surface area contributed by atoms with Crippen LogP contribution in [0.15, 0.2) is 23.1 Å².